The number of aliphatic hydroxyl groups is 1. The van der Waals surface area contributed by atoms with Crippen molar-refractivity contribution in [3.63, 3.8) is 0 Å². The summed E-state index contributed by atoms with van der Waals surface area (Å²) in [5.74, 6) is 0.714. The van der Waals surface area contributed by atoms with E-state index in [1.807, 2.05) is 32.0 Å². The van der Waals surface area contributed by atoms with Gasteiger partial charge in [-0.15, -0.1) is 0 Å². The molecule has 0 unspecified atom stereocenters. The van der Waals surface area contributed by atoms with Crippen molar-refractivity contribution in [2.24, 2.45) is 0 Å². The van der Waals surface area contributed by atoms with Crippen LogP contribution < -0.4 is 4.74 Å². The molecule has 0 aliphatic rings. The molecule has 1 aromatic rings. The van der Waals surface area contributed by atoms with Crippen LogP contribution in [-0.2, 0) is 4.74 Å². The van der Waals surface area contributed by atoms with Crippen LogP contribution >= 0.6 is 15.9 Å². The van der Waals surface area contributed by atoms with E-state index in [0.29, 0.717) is 12.4 Å². The van der Waals surface area contributed by atoms with Gasteiger partial charge in [-0.05, 0) is 32.9 Å². The zero-order valence-electron chi connectivity index (χ0n) is 11.4. The van der Waals surface area contributed by atoms with E-state index in [1.165, 1.54) is 0 Å². The van der Waals surface area contributed by atoms with Crippen LogP contribution in [0.15, 0.2) is 22.7 Å². The first-order valence-electron chi connectivity index (χ1n) is 6.01. The monoisotopic (exact) mass is 316 g/mol. The average molecular weight is 317 g/mol. The lowest BCUT2D eigenvalue weighted by Crippen LogP contribution is -2.25. The van der Waals surface area contributed by atoms with Crippen molar-refractivity contribution in [2.75, 3.05) is 13.7 Å². The van der Waals surface area contributed by atoms with Crippen molar-refractivity contribution in [1.82, 2.24) is 0 Å². The normalized spacial score (nSPS) is 13.4. The van der Waals surface area contributed by atoms with Crippen LogP contribution in [0.3, 0.4) is 0 Å². The lowest BCUT2D eigenvalue weighted by Gasteiger charge is -2.23. The summed E-state index contributed by atoms with van der Waals surface area (Å²) in [4.78, 5) is 0. The molecule has 0 bridgehead atoms. The molecule has 0 saturated carbocycles. The second-order valence-electron chi connectivity index (χ2n) is 4.92. The molecule has 0 aliphatic heterocycles. The Hall–Kier alpha value is -0.580. The van der Waals surface area contributed by atoms with E-state index in [-0.39, 0.29) is 5.60 Å². The molecule has 102 valence electrons. The van der Waals surface area contributed by atoms with Crippen LogP contribution in [-0.4, -0.2) is 24.4 Å². The van der Waals surface area contributed by atoms with Gasteiger partial charge in [-0.2, -0.15) is 0 Å². The third-order valence-electron chi connectivity index (χ3n) is 2.94. The Morgan fingerprint density at radius 2 is 2.06 bits per heavy atom. The minimum Gasteiger partial charge on any atom is -0.493 e. The van der Waals surface area contributed by atoms with Crippen LogP contribution in [0, 0.1) is 0 Å². The SMILES string of the molecule is COC(C)(C)CCOc1cc(Br)ccc1[C@H](C)O. The lowest BCUT2D eigenvalue weighted by atomic mass is 10.1. The molecule has 3 nitrogen and oxygen atoms in total. The molecule has 18 heavy (non-hydrogen) atoms. The van der Waals surface area contributed by atoms with E-state index in [2.05, 4.69) is 15.9 Å². The molecule has 0 fully saturated rings. The molecule has 0 saturated heterocycles. The Balaban J connectivity index is 2.69. The number of halogens is 1. The molecule has 0 spiro atoms. The number of ether oxygens (including phenoxy) is 2. The van der Waals surface area contributed by atoms with Crippen LogP contribution in [0.1, 0.15) is 38.9 Å². The summed E-state index contributed by atoms with van der Waals surface area (Å²) in [6.07, 6.45) is 0.249. The standard InChI is InChI=1S/C14H21BrO3/c1-10(16)12-6-5-11(15)9-13(12)18-8-7-14(2,3)17-4/h5-6,9-10,16H,7-8H2,1-4H3/t10-/m0/s1. The number of rotatable bonds is 6. The van der Waals surface area contributed by atoms with E-state index in [1.54, 1.807) is 14.0 Å². The highest BCUT2D eigenvalue weighted by Gasteiger charge is 2.17. The van der Waals surface area contributed by atoms with Gasteiger partial charge in [0.25, 0.3) is 0 Å². The van der Waals surface area contributed by atoms with Gasteiger partial charge in [0.05, 0.1) is 18.3 Å². The van der Waals surface area contributed by atoms with Gasteiger partial charge in [0, 0.05) is 23.6 Å². The van der Waals surface area contributed by atoms with Crippen molar-refractivity contribution < 1.29 is 14.6 Å². The molecule has 0 aliphatic carbocycles. The molecule has 4 heteroatoms. The molecule has 0 radical (unpaired) electrons. The van der Waals surface area contributed by atoms with Gasteiger partial charge >= 0.3 is 0 Å². The zero-order chi connectivity index (χ0) is 13.8. The van der Waals surface area contributed by atoms with Gasteiger partial charge in [-0.25, -0.2) is 0 Å². The molecule has 1 atom stereocenters. The van der Waals surface area contributed by atoms with Crippen LogP contribution in [0.25, 0.3) is 0 Å². The van der Waals surface area contributed by atoms with Gasteiger partial charge in [0.15, 0.2) is 0 Å². The average Bonchev–Trinajstić information content (AvgIpc) is 2.28. The first-order chi connectivity index (χ1) is 8.35. The summed E-state index contributed by atoms with van der Waals surface area (Å²) in [5.41, 5.74) is 0.602. The number of methoxy groups -OCH3 is 1. The van der Waals surface area contributed by atoms with Crippen molar-refractivity contribution in [3.05, 3.63) is 28.2 Å². The number of hydrogen-bond acceptors (Lipinski definition) is 3. The van der Waals surface area contributed by atoms with E-state index < -0.39 is 6.10 Å². The van der Waals surface area contributed by atoms with Gasteiger partial charge in [-0.1, -0.05) is 22.0 Å². The van der Waals surface area contributed by atoms with E-state index in [4.69, 9.17) is 9.47 Å². The highest BCUT2D eigenvalue weighted by molar-refractivity contribution is 9.10. The quantitative estimate of drug-likeness (QED) is 0.869. The molecule has 1 rings (SSSR count). The third kappa shape index (κ3) is 4.59. The molecular weight excluding hydrogens is 296 g/mol. The number of hydrogen-bond donors (Lipinski definition) is 1. The highest BCUT2D eigenvalue weighted by atomic mass is 79.9. The summed E-state index contributed by atoms with van der Waals surface area (Å²) >= 11 is 3.40. The van der Waals surface area contributed by atoms with Crippen LogP contribution in [0.5, 0.6) is 5.75 Å². The minimum absolute atomic E-state index is 0.197. The van der Waals surface area contributed by atoms with Gasteiger partial charge < -0.3 is 14.6 Å². The first kappa shape index (κ1) is 15.5. The smallest absolute Gasteiger partial charge is 0.126 e. The van der Waals surface area contributed by atoms with E-state index in [9.17, 15) is 5.11 Å². The molecule has 1 aromatic carbocycles. The van der Waals surface area contributed by atoms with Crippen molar-refractivity contribution >= 4 is 15.9 Å². The second kappa shape index (κ2) is 6.55. The Bertz CT molecular complexity index is 389. The van der Waals surface area contributed by atoms with Crippen LogP contribution in [0.2, 0.25) is 0 Å². The summed E-state index contributed by atoms with van der Waals surface area (Å²) < 4.78 is 12.0. The van der Waals surface area contributed by atoms with Crippen molar-refractivity contribution in [1.29, 1.82) is 0 Å². The van der Waals surface area contributed by atoms with Gasteiger partial charge in [-0.3, -0.25) is 0 Å². The Morgan fingerprint density at radius 1 is 1.39 bits per heavy atom. The molecule has 0 heterocycles. The van der Waals surface area contributed by atoms with Crippen molar-refractivity contribution in [2.45, 2.75) is 38.9 Å². The maximum absolute atomic E-state index is 9.68. The van der Waals surface area contributed by atoms with Crippen LogP contribution in [0.4, 0.5) is 0 Å². The summed E-state index contributed by atoms with van der Waals surface area (Å²) in [5, 5.41) is 9.68. The first-order valence-corrected chi connectivity index (χ1v) is 6.80. The molecular formula is C14H21BrO3. The maximum atomic E-state index is 9.68. The molecule has 0 aromatic heterocycles. The van der Waals surface area contributed by atoms with E-state index >= 15 is 0 Å². The Morgan fingerprint density at radius 3 is 2.61 bits per heavy atom. The third-order valence-corrected chi connectivity index (χ3v) is 3.43. The van der Waals surface area contributed by atoms with Gasteiger partial charge in [0.2, 0.25) is 0 Å². The fourth-order valence-corrected chi connectivity index (χ4v) is 1.83. The summed E-state index contributed by atoms with van der Waals surface area (Å²) in [6, 6.07) is 5.64. The summed E-state index contributed by atoms with van der Waals surface area (Å²) in [6.45, 7) is 6.33. The van der Waals surface area contributed by atoms with Gasteiger partial charge in [0.1, 0.15) is 5.75 Å². The second-order valence-corrected chi connectivity index (χ2v) is 5.84. The molecule has 0 amide bonds. The Kier molecular flexibility index (Phi) is 5.63. The van der Waals surface area contributed by atoms with Crippen molar-refractivity contribution in [3.8, 4) is 5.75 Å². The fourth-order valence-electron chi connectivity index (χ4n) is 1.49. The molecule has 1 N–H and O–H groups in total. The predicted octanol–water partition coefficient (Wildman–Crippen LogP) is 3.70. The minimum atomic E-state index is -0.538. The Labute approximate surface area is 117 Å². The lowest BCUT2D eigenvalue weighted by molar-refractivity contribution is 0.00522. The highest BCUT2D eigenvalue weighted by Crippen LogP contribution is 2.29. The maximum Gasteiger partial charge on any atom is 0.126 e. The zero-order valence-corrected chi connectivity index (χ0v) is 13.0. The number of aliphatic hydroxyl groups excluding tert-OH is 1. The predicted molar refractivity (Wildman–Crippen MR) is 76.0 cm³/mol. The fraction of sp³-hybridized carbons (Fsp3) is 0.571. The largest absolute Gasteiger partial charge is 0.493 e. The summed E-state index contributed by atoms with van der Waals surface area (Å²) in [7, 11) is 1.69. The topological polar surface area (TPSA) is 38.7 Å². The van der Waals surface area contributed by atoms with E-state index in [0.717, 1.165) is 16.5 Å². The number of benzene rings is 1.